The number of ether oxygens (including phenoxy) is 6. The maximum absolute atomic E-state index is 13.8. The first-order valence-electron chi connectivity index (χ1n) is 11.9. The molecule has 2 atom stereocenters. The van der Waals surface area contributed by atoms with Gasteiger partial charge in [-0.1, -0.05) is 18.2 Å². The highest BCUT2D eigenvalue weighted by Crippen LogP contribution is 2.58. The number of fused-ring (bicyclic) bond motifs is 3. The standard InChI is InChI=1S/C28H26FNO7/c1-30-12-11-16-19(14-5-7-15(29)8-6-14)26-27(36-13-35-26)25(34-4)20(16)22(30)23-17-9-10-18(32-2)24(33-3)21(17)28(31)37-23/h5-10,22-23H,11-13H2,1-4H3. The molecule has 0 fully saturated rings. The van der Waals surface area contributed by atoms with Gasteiger partial charge in [0.05, 0.1) is 27.4 Å². The van der Waals surface area contributed by atoms with Crippen LogP contribution in [0.5, 0.6) is 28.7 Å². The average molecular weight is 508 g/mol. The van der Waals surface area contributed by atoms with Gasteiger partial charge in [0.15, 0.2) is 23.0 Å². The lowest BCUT2D eigenvalue weighted by Crippen LogP contribution is -2.36. The first-order valence-corrected chi connectivity index (χ1v) is 11.9. The van der Waals surface area contributed by atoms with E-state index in [1.165, 1.54) is 26.4 Å². The van der Waals surface area contributed by atoms with E-state index < -0.39 is 18.1 Å². The minimum Gasteiger partial charge on any atom is -0.493 e. The Kier molecular flexibility index (Phi) is 5.60. The van der Waals surface area contributed by atoms with Gasteiger partial charge in [-0.2, -0.15) is 0 Å². The average Bonchev–Trinajstić information content (AvgIpc) is 3.52. The second-order valence-electron chi connectivity index (χ2n) is 9.14. The van der Waals surface area contributed by atoms with E-state index in [4.69, 9.17) is 28.4 Å². The summed E-state index contributed by atoms with van der Waals surface area (Å²) in [6.07, 6.45) is 0.0447. The topological polar surface area (TPSA) is 75.7 Å². The zero-order valence-electron chi connectivity index (χ0n) is 20.9. The van der Waals surface area contributed by atoms with Crippen molar-refractivity contribution >= 4 is 5.97 Å². The van der Waals surface area contributed by atoms with Crippen molar-refractivity contribution in [2.24, 2.45) is 0 Å². The third-order valence-electron chi connectivity index (χ3n) is 7.35. The van der Waals surface area contributed by atoms with Crippen LogP contribution in [0.1, 0.15) is 39.2 Å². The molecule has 9 heteroatoms. The number of nitrogens with zero attached hydrogens (tertiary/aromatic N) is 1. The first-order chi connectivity index (χ1) is 18.0. The maximum Gasteiger partial charge on any atom is 0.343 e. The van der Waals surface area contributed by atoms with E-state index in [0.29, 0.717) is 52.8 Å². The summed E-state index contributed by atoms with van der Waals surface area (Å²) in [5, 5.41) is 0. The quantitative estimate of drug-likeness (QED) is 0.461. The Balaban J connectivity index is 1.59. The summed E-state index contributed by atoms with van der Waals surface area (Å²) in [7, 11) is 6.60. The number of carbonyl (C=O) groups excluding carboxylic acids is 1. The van der Waals surface area contributed by atoms with Gasteiger partial charge in [0.2, 0.25) is 12.5 Å². The highest BCUT2D eigenvalue weighted by Gasteiger charge is 2.47. The van der Waals surface area contributed by atoms with E-state index in [9.17, 15) is 9.18 Å². The van der Waals surface area contributed by atoms with Crippen molar-refractivity contribution in [1.82, 2.24) is 4.90 Å². The fourth-order valence-corrected chi connectivity index (χ4v) is 5.75. The first kappa shape index (κ1) is 23.4. The molecule has 2 unspecified atom stereocenters. The Bertz CT molecular complexity index is 1410. The van der Waals surface area contributed by atoms with E-state index in [1.54, 1.807) is 25.3 Å². The van der Waals surface area contributed by atoms with Crippen molar-refractivity contribution in [2.45, 2.75) is 18.6 Å². The maximum atomic E-state index is 13.8. The number of rotatable bonds is 5. The van der Waals surface area contributed by atoms with Gasteiger partial charge < -0.3 is 28.4 Å². The second kappa shape index (κ2) is 8.85. The van der Waals surface area contributed by atoms with Gasteiger partial charge in [-0.3, -0.25) is 4.90 Å². The normalized spacial score (nSPS) is 19.8. The number of cyclic esters (lactones) is 1. The van der Waals surface area contributed by atoms with Crippen LogP contribution in [0.15, 0.2) is 36.4 Å². The van der Waals surface area contributed by atoms with Crippen LogP contribution in [-0.4, -0.2) is 52.6 Å². The smallest absolute Gasteiger partial charge is 0.343 e. The number of hydrogen-bond acceptors (Lipinski definition) is 8. The third kappa shape index (κ3) is 3.41. The molecule has 3 aliphatic heterocycles. The second-order valence-corrected chi connectivity index (χ2v) is 9.14. The number of benzene rings is 3. The molecule has 3 heterocycles. The number of methoxy groups -OCH3 is 3. The fourth-order valence-electron chi connectivity index (χ4n) is 5.75. The minimum absolute atomic E-state index is 0.0432. The van der Waals surface area contributed by atoms with Crippen molar-refractivity contribution in [3.8, 4) is 39.9 Å². The molecule has 0 saturated carbocycles. The van der Waals surface area contributed by atoms with Crippen molar-refractivity contribution < 1.29 is 37.6 Å². The molecule has 0 bridgehead atoms. The lowest BCUT2D eigenvalue weighted by molar-refractivity contribution is 0.00877. The predicted octanol–water partition coefficient (Wildman–Crippen LogP) is 4.69. The van der Waals surface area contributed by atoms with Crippen LogP contribution in [0, 0.1) is 5.82 Å². The summed E-state index contributed by atoms with van der Waals surface area (Å²) >= 11 is 0. The van der Waals surface area contributed by atoms with Crippen LogP contribution in [0.25, 0.3) is 11.1 Å². The summed E-state index contributed by atoms with van der Waals surface area (Å²) in [4.78, 5) is 15.3. The minimum atomic E-state index is -0.637. The summed E-state index contributed by atoms with van der Waals surface area (Å²) in [6, 6.07) is 9.54. The number of hydrogen-bond donors (Lipinski definition) is 0. The van der Waals surface area contributed by atoms with Crippen molar-refractivity contribution in [3.63, 3.8) is 0 Å². The van der Waals surface area contributed by atoms with Crippen LogP contribution < -0.4 is 23.7 Å². The van der Waals surface area contributed by atoms with E-state index >= 15 is 0 Å². The Hall–Kier alpha value is -3.98. The van der Waals surface area contributed by atoms with Crippen LogP contribution in [0.2, 0.25) is 0 Å². The third-order valence-corrected chi connectivity index (χ3v) is 7.35. The predicted molar refractivity (Wildman–Crippen MR) is 131 cm³/mol. The molecular formula is C28H26FNO7. The lowest BCUT2D eigenvalue weighted by Gasteiger charge is -2.39. The van der Waals surface area contributed by atoms with Crippen LogP contribution in [-0.2, 0) is 11.2 Å². The van der Waals surface area contributed by atoms with Gasteiger partial charge in [-0.15, -0.1) is 0 Å². The van der Waals surface area contributed by atoms with Gasteiger partial charge in [-0.05, 0) is 42.8 Å². The van der Waals surface area contributed by atoms with Gasteiger partial charge in [0, 0.05) is 23.2 Å². The van der Waals surface area contributed by atoms with Crippen LogP contribution in [0.4, 0.5) is 4.39 Å². The summed E-state index contributed by atoms with van der Waals surface area (Å²) < 4.78 is 48.5. The molecule has 0 aliphatic carbocycles. The van der Waals surface area contributed by atoms with E-state index in [0.717, 1.165) is 22.3 Å². The largest absolute Gasteiger partial charge is 0.493 e. The van der Waals surface area contributed by atoms with Gasteiger partial charge in [0.25, 0.3) is 0 Å². The highest BCUT2D eigenvalue weighted by molar-refractivity contribution is 5.98. The number of halogens is 1. The van der Waals surface area contributed by atoms with Crippen molar-refractivity contribution in [3.05, 3.63) is 64.5 Å². The summed E-state index contributed by atoms with van der Waals surface area (Å²) in [5.41, 5.74) is 4.53. The molecule has 0 N–H and O–H groups in total. The molecular weight excluding hydrogens is 481 g/mol. The van der Waals surface area contributed by atoms with Crippen LogP contribution >= 0.6 is 0 Å². The van der Waals surface area contributed by atoms with E-state index in [2.05, 4.69) is 4.90 Å². The van der Waals surface area contributed by atoms with Crippen molar-refractivity contribution in [1.29, 1.82) is 0 Å². The Morgan fingerprint density at radius 1 is 0.919 bits per heavy atom. The molecule has 0 aromatic heterocycles. The molecule has 6 rings (SSSR count). The number of likely N-dealkylation sites (N-methyl/N-ethyl adjacent to an activating group) is 1. The number of carbonyl (C=O) groups is 1. The van der Waals surface area contributed by atoms with E-state index in [-0.39, 0.29) is 12.6 Å². The molecule has 192 valence electrons. The summed E-state index contributed by atoms with van der Waals surface area (Å²) in [6.45, 7) is 0.729. The van der Waals surface area contributed by atoms with Gasteiger partial charge >= 0.3 is 5.97 Å². The zero-order chi connectivity index (χ0) is 25.8. The highest BCUT2D eigenvalue weighted by atomic mass is 19.1. The monoisotopic (exact) mass is 507 g/mol. The molecule has 3 aliphatic rings. The van der Waals surface area contributed by atoms with Gasteiger partial charge in [-0.25, -0.2) is 9.18 Å². The zero-order valence-corrected chi connectivity index (χ0v) is 20.9. The molecule has 0 spiro atoms. The molecule has 3 aromatic carbocycles. The molecule has 0 radical (unpaired) electrons. The lowest BCUT2D eigenvalue weighted by atomic mass is 9.81. The summed E-state index contributed by atoms with van der Waals surface area (Å²) in [5.74, 6) is 1.59. The van der Waals surface area contributed by atoms with Crippen molar-refractivity contribution in [2.75, 3.05) is 41.7 Å². The SMILES string of the molecule is COc1ccc2c(c1OC)C(=O)OC2C1c2c(c(-c3ccc(F)cc3)c3c(c2OC)OCO3)CCN1C. The van der Waals surface area contributed by atoms with Crippen LogP contribution in [0.3, 0.4) is 0 Å². The molecule has 0 saturated heterocycles. The van der Waals surface area contributed by atoms with Gasteiger partial charge in [0.1, 0.15) is 17.5 Å². The molecule has 37 heavy (non-hydrogen) atoms. The fraction of sp³-hybridized carbons (Fsp3) is 0.321. The Morgan fingerprint density at radius 2 is 1.65 bits per heavy atom. The Labute approximate surface area is 213 Å². The van der Waals surface area contributed by atoms with E-state index in [1.807, 2.05) is 13.1 Å². The molecule has 3 aromatic rings. The molecule has 8 nitrogen and oxygen atoms in total. The molecule has 0 amide bonds. The number of esters is 1. The Morgan fingerprint density at radius 3 is 2.35 bits per heavy atom.